The summed E-state index contributed by atoms with van der Waals surface area (Å²) in [5, 5.41) is 24.7. The molecule has 1 N–H and O–H groups in total. The average molecular weight is 501 g/mol. The van der Waals surface area contributed by atoms with Gasteiger partial charge in [0.25, 0.3) is 5.69 Å². The van der Waals surface area contributed by atoms with Crippen LogP contribution in [0.4, 0.5) is 18.9 Å². The van der Waals surface area contributed by atoms with Gasteiger partial charge in [-0.2, -0.15) is 13.2 Å². The van der Waals surface area contributed by atoms with Gasteiger partial charge in [0.2, 0.25) is 11.1 Å². The highest BCUT2D eigenvalue weighted by Crippen LogP contribution is 2.40. The predicted molar refractivity (Wildman–Crippen MR) is 123 cm³/mol. The number of nitro benzene ring substituents is 1. The molecule has 0 fully saturated rings. The van der Waals surface area contributed by atoms with Crippen LogP contribution in [0.2, 0.25) is 0 Å². The lowest BCUT2D eigenvalue weighted by atomic mass is 10.1. The summed E-state index contributed by atoms with van der Waals surface area (Å²) in [6, 6.07) is 15.5. The van der Waals surface area contributed by atoms with Crippen LogP contribution >= 0.6 is 11.8 Å². The molecule has 12 heteroatoms. The Kier molecular flexibility index (Phi) is 6.74. The molecule has 0 saturated heterocycles. The van der Waals surface area contributed by atoms with Crippen molar-refractivity contribution >= 4 is 34.1 Å². The second-order valence-electron chi connectivity index (χ2n) is 7.50. The molecule has 1 amide bonds. The summed E-state index contributed by atoms with van der Waals surface area (Å²) < 4.78 is 41.1. The number of fused-ring (bicyclic) bond motifs is 1. The van der Waals surface area contributed by atoms with Crippen LogP contribution in [-0.2, 0) is 17.4 Å². The van der Waals surface area contributed by atoms with Crippen molar-refractivity contribution in [1.82, 2.24) is 20.1 Å². The Labute approximate surface area is 201 Å². The molecule has 35 heavy (non-hydrogen) atoms. The van der Waals surface area contributed by atoms with Gasteiger partial charge in [-0.3, -0.25) is 19.5 Å². The molecule has 1 aromatic heterocycles. The van der Waals surface area contributed by atoms with Gasteiger partial charge < -0.3 is 5.32 Å². The van der Waals surface area contributed by atoms with E-state index in [1.54, 1.807) is 4.57 Å². The minimum absolute atomic E-state index is 0.00898. The van der Waals surface area contributed by atoms with E-state index in [1.807, 2.05) is 42.5 Å². The highest BCUT2D eigenvalue weighted by atomic mass is 32.2. The third-order valence-electron chi connectivity index (χ3n) is 5.11. The van der Waals surface area contributed by atoms with Crippen molar-refractivity contribution < 1.29 is 22.9 Å². The van der Waals surface area contributed by atoms with Gasteiger partial charge in [-0.1, -0.05) is 36.4 Å². The molecule has 180 valence electrons. The smallest absolute Gasteiger partial charge is 0.356 e. The van der Waals surface area contributed by atoms with Gasteiger partial charge in [0.15, 0.2) is 0 Å². The Morgan fingerprint density at radius 2 is 1.86 bits per heavy atom. The molecule has 0 unspecified atom stereocenters. The highest BCUT2D eigenvalue weighted by molar-refractivity contribution is 7.99. The molecule has 0 aliphatic carbocycles. The van der Waals surface area contributed by atoms with Crippen LogP contribution in [0.5, 0.6) is 0 Å². The van der Waals surface area contributed by atoms with E-state index < -0.39 is 22.4 Å². The number of benzene rings is 3. The third kappa shape index (κ3) is 5.27. The summed E-state index contributed by atoms with van der Waals surface area (Å²) in [6.07, 6.45) is -4.40. The van der Waals surface area contributed by atoms with E-state index in [0.717, 1.165) is 34.7 Å². The lowest BCUT2D eigenvalue weighted by molar-refractivity contribution is -0.388. The molecule has 1 heterocycles. The number of rotatable bonds is 7. The molecule has 0 spiro atoms. The van der Waals surface area contributed by atoms with Gasteiger partial charge >= 0.3 is 6.18 Å². The van der Waals surface area contributed by atoms with Crippen LogP contribution in [0.25, 0.3) is 16.5 Å². The fourth-order valence-corrected chi connectivity index (χ4v) is 4.49. The topological polar surface area (TPSA) is 103 Å². The van der Waals surface area contributed by atoms with Crippen molar-refractivity contribution in [2.45, 2.75) is 29.6 Å². The standard InChI is InChI=1S/C23H18F3N5O3S/c1-14(32)27-12-11-21-28-29-22(30(21)18-8-4-6-15-5-2-3-7-17(15)18)35-20-10-9-16(23(24,25)26)13-19(20)31(33)34/h2-10,13H,11-12H2,1H3,(H,27,32). The number of halogens is 3. The lowest BCUT2D eigenvalue weighted by Crippen LogP contribution is -2.23. The molecule has 0 aliphatic rings. The molecule has 0 radical (unpaired) electrons. The molecule has 4 aromatic rings. The van der Waals surface area contributed by atoms with Gasteiger partial charge in [-0.15, -0.1) is 10.2 Å². The highest BCUT2D eigenvalue weighted by Gasteiger charge is 2.33. The largest absolute Gasteiger partial charge is 0.416 e. The second kappa shape index (κ2) is 9.74. The molecule has 3 aromatic carbocycles. The predicted octanol–water partition coefficient (Wildman–Crippen LogP) is 5.18. The number of nitrogens with one attached hydrogen (secondary N) is 1. The first-order valence-corrected chi connectivity index (χ1v) is 11.2. The van der Waals surface area contributed by atoms with Crippen molar-refractivity contribution in [3.8, 4) is 5.69 Å². The van der Waals surface area contributed by atoms with E-state index in [9.17, 15) is 28.1 Å². The summed E-state index contributed by atoms with van der Waals surface area (Å²) in [4.78, 5) is 22.0. The maximum atomic E-state index is 13.1. The van der Waals surface area contributed by atoms with E-state index >= 15 is 0 Å². The minimum atomic E-state index is -4.71. The molecule has 8 nitrogen and oxygen atoms in total. The van der Waals surface area contributed by atoms with E-state index in [2.05, 4.69) is 15.5 Å². The van der Waals surface area contributed by atoms with E-state index in [1.165, 1.54) is 6.92 Å². The van der Waals surface area contributed by atoms with Gasteiger partial charge in [0.05, 0.1) is 21.1 Å². The Morgan fingerprint density at radius 3 is 2.57 bits per heavy atom. The summed E-state index contributed by atoms with van der Waals surface area (Å²) in [5.74, 6) is 0.267. The summed E-state index contributed by atoms with van der Waals surface area (Å²) in [5.41, 5.74) is -1.10. The molecular formula is C23H18F3N5O3S. The zero-order chi connectivity index (χ0) is 25.2. The quantitative estimate of drug-likeness (QED) is 0.277. The average Bonchev–Trinajstić information content (AvgIpc) is 3.19. The lowest BCUT2D eigenvalue weighted by Gasteiger charge is -2.14. The van der Waals surface area contributed by atoms with E-state index in [-0.39, 0.29) is 22.5 Å². The van der Waals surface area contributed by atoms with Gasteiger partial charge in [-0.25, -0.2) is 0 Å². The zero-order valence-electron chi connectivity index (χ0n) is 18.2. The first-order chi connectivity index (χ1) is 16.6. The zero-order valence-corrected chi connectivity index (χ0v) is 19.1. The van der Waals surface area contributed by atoms with Crippen molar-refractivity contribution in [3.05, 3.63) is 82.2 Å². The van der Waals surface area contributed by atoms with Gasteiger partial charge in [0, 0.05) is 31.3 Å². The normalized spacial score (nSPS) is 11.5. The van der Waals surface area contributed by atoms with Gasteiger partial charge in [-0.05, 0) is 35.3 Å². The Balaban J connectivity index is 1.82. The first-order valence-electron chi connectivity index (χ1n) is 10.4. The molecule has 0 atom stereocenters. The second-order valence-corrected chi connectivity index (χ2v) is 8.51. The monoisotopic (exact) mass is 501 g/mol. The summed E-state index contributed by atoms with van der Waals surface area (Å²) >= 11 is 0.845. The van der Waals surface area contributed by atoms with Crippen LogP contribution in [-0.4, -0.2) is 32.1 Å². The molecule has 4 rings (SSSR count). The molecule has 0 saturated carbocycles. The number of amides is 1. The fraction of sp³-hybridized carbons (Fsp3) is 0.174. The Bertz CT molecular complexity index is 1420. The SMILES string of the molecule is CC(=O)NCCc1nnc(Sc2ccc(C(F)(F)F)cc2[N+](=O)[O-])n1-c1cccc2ccccc12. The van der Waals surface area contributed by atoms with Crippen molar-refractivity contribution in [2.24, 2.45) is 0 Å². The number of nitro groups is 1. The van der Waals surface area contributed by atoms with Crippen molar-refractivity contribution in [3.63, 3.8) is 0 Å². The number of carbonyl (C=O) groups excluding carboxylic acids is 1. The number of hydrogen-bond donors (Lipinski definition) is 1. The number of alkyl halides is 3. The van der Waals surface area contributed by atoms with Crippen LogP contribution < -0.4 is 5.32 Å². The van der Waals surface area contributed by atoms with Crippen LogP contribution in [0.1, 0.15) is 18.3 Å². The number of nitrogens with zero attached hydrogens (tertiary/aromatic N) is 4. The Morgan fingerprint density at radius 1 is 1.11 bits per heavy atom. The third-order valence-corrected chi connectivity index (χ3v) is 6.13. The molecular weight excluding hydrogens is 483 g/mol. The fourth-order valence-electron chi connectivity index (χ4n) is 3.54. The molecule has 0 bridgehead atoms. The Hall–Kier alpha value is -3.93. The molecule has 0 aliphatic heterocycles. The van der Waals surface area contributed by atoms with Crippen LogP contribution in [0, 0.1) is 10.1 Å². The van der Waals surface area contributed by atoms with E-state index in [4.69, 9.17) is 0 Å². The van der Waals surface area contributed by atoms with Crippen molar-refractivity contribution in [1.29, 1.82) is 0 Å². The number of hydrogen-bond acceptors (Lipinski definition) is 6. The van der Waals surface area contributed by atoms with Crippen molar-refractivity contribution in [2.75, 3.05) is 6.54 Å². The van der Waals surface area contributed by atoms with Gasteiger partial charge in [0.1, 0.15) is 5.82 Å². The maximum absolute atomic E-state index is 13.1. The number of carbonyl (C=O) groups is 1. The van der Waals surface area contributed by atoms with E-state index in [0.29, 0.717) is 24.0 Å². The van der Waals surface area contributed by atoms with Crippen LogP contribution in [0.15, 0.2) is 70.7 Å². The minimum Gasteiger partial charge on any atom is -0.356 e. The van der Waals surface area contributed by atoms with Crippen LogP contribution in [0.3, 0.4) is 0 Å². The maximum Gasteiger partial charge on any atom is 0.416 e. The number of aromatic nitrogens is 3. The summed E-state index contributed by atoms with van der Waals surface area (Å²) in [7, 11) is 0. The summed E-state index contributed by atoms with van der Waals surface area (Å²) in [6.45, 7) is 1.67. The first kappa shape index (κ1) is 24.2.